The van der Waals surface area contributed by atoms with Crippen LogP contribution in [0.4, 0.5) is 0 Å². The molecule has 2 atom stereocenters. The van der Waals surface area contributed by atoms with Crippen LogP contribution in [-0.2, 0) is 0 Å². The molecule has 2 nitrogen and oxygen atoms in total. The van der Waals surface area contributed by atoms with Gasteiger partial charge in [0, 0.05) is 21.9 Å². The molecule has 0 amide bonds. The highest BCUT2D eigenvalue weighted by Gasteiger charge is 2.26. The Labute approximate surface area is 73.6 Å². The topological polar surface area (TPSA) is 24.1 Å². The van der Waals surface area contributed by atoms with E-state index in [1.807, 2.05) is 7.05 Å². The smallest absolute Gasteiger partial charge is 0.0300 e. The summed E-state index contributed by atoms with van der Waals surface area (Å²) in [4.78, 5) is 0. The van der Waals surface area contributed by atoms with Gasteiger partial charge in [-0.2, -0.15) is 0 Å². The lowest BCUT2D eigenvalue weighted by Crippen LogP contribution is -2.55. The summed E-state index contributed by atoms with van der Waals surface area (Å²) in [6, 6.07) is 0. The van der Waals surface area contributed by atoms with Crippen molar-refractivity contribution in [2.24, 2.45) is 5.92 Å². The molecule has 0 saturated carbocycles. The van der Waals surface area contributed by atoms with Gasteiger partial charge in [-0.15, -0.1) is 0 Å². The van der Waals surface area contributed by atoms with Crippen molar-refractivity contribution in [2.75, 3.05) is 20.6 Å². The first-order chi connectivity index (χ1) is 5.10. The van der Waals surface area contributed by atoms with Crippen LogP contribution in [-0.4, -0.2) is 36.0 Å². The Morgan fingerprint density at radius 3 is 2.27 bits per heavy atom. The van der Waals surface area contributed by atoms with E-state index >= 15 is 0 Å². The minimum absolute atomic E-state index is 0.378. The number of likely N-dealkylation sites (N-methyl/N-ethyl adjacent to an activating group) is 2. The fraction of sp³-hybridized carbons (Fsp3) is 1.00. The maximum Gasteiger partial charge on any atom is 0.0300 e. The minimum atomic E-state index is 0.378. The zero-order valence-corrected chi connectivity index (χ0v) is 10.5. The van der Waals surface area contributed by atoms with Crippen LogP contribution in [0.25, 0.3) is 0 Å². The van der Waals surface area contributed by atoms with Crippen LogP contribution >= 0.6 is 0 Å². The minimum Gasteiger partial charge on any atom is -0.318 e. The highest BCUT2D eigenvalue weighted by molar-refractivity contribution is 6.15. The summed E-state index contributed by atoms with van der Waals surface area (Å²) < 4.78 is 0. The molecule has 0 aromatic heterocycles. The maximum atomic E-state index is 3.43. The molecule has 0 aromatic carbocycles. The van der Waals surface area contributed by atoms with Gasteiger partial charge in [-0.3, -0.25) is 0 Å². The number of nitrogens with one attached hydrogen (secondary N) is 2. The lowest BCUT2D eigenvalue weighted by atomic mass is 9.98. The Bertz CT molecular complexity index is 108. The Kier molecular flexibility index (Phi) is 4.96. The molecule has 0 spiro atoms. The van der Waals surface area contributed by atoms with Crippen LogP contribution in [0.2, 0.25) is 0 Å². The Hall–Kier alpha value is 0.137. The van der Waals surface area contributed by atoms with Gasteiger partial charge in [0.2, 0.25) is 0 Å². The van der Waals surface area contributed by atoms with E-state index in [0.29, 0.717) is 5.16 Å². The number of hydrogen-bond donors (Lipinski definition) is 2. The molecule has 0 fully saturated rings. The summed E-state index contributed by atoms with van der Waals surface area (Å²) in [5.41, 5.74) is 0. The van der Waals surface area contributed by atoms with Crippen LogP contribution in [0, 0.1) is 5.92 Å². The van der Waals surface area contributed by atoms with Crippen LogP contribution in [0.3, 0.4) is 0 Å². The van der Waals surface area contributed by atoms with E-state index in [0.717, 1.165) is 12.5 Å². The molecule has 0 aromatic rings. The molecule has 2 unspecified atom stereocenters. The maximum absolute atomic E-state index is 3.43. The van der Waals surface area contributed by atoms with Crippen molar-refractivity contribution in [1.82, 2.24) is 10.6 Å². The van der Waals surface area contributed by atoms with Gasteiger partial charge >= 0.3 is 0 Å². The first-order valence-electron chi connectivity index (χ1n) is 4.44. The molecule has 2 N–H and O–H groups in total. The van der Waals surface area contributed by atoms with Crippen molar-refractivity contribution >= 4 is 10.2 Å². The molecule has 0 saturated heterocycles. The van der Waals surface area contributed by atoms with E-state index in [2.05, 4.69) is 31.5 Å². The van der Waals surface area contributed by atoms with Crippen molar-refractivity contribution in [3.63, 3.8) is 0 Å². The zero-order valence-electron chi connectivity index (χ0n) is 8.49. The van der Waals surface area contributed by atoms with E-state index in [1.165, 1.54) is 16.7 Å². The van der Waals surface area contributed by atoms with E-state index in [-0.39, 0.29) is 0 Å². The second kappa shape index (κ2) is 4.90. The Morgan fingerprint density at radius 2 is 2.00 bits per heavy atom. The van der Waals surface area contributed by atoms with Crippen molar-refractivity contribution in [3.05, 3.63) is 0 Å². The third-order valence-corrected chi connectivity index (χ3v) is 4.65. The van der Waals surface area contributed by atoms with E-state index < -0.39 is 0 Å². The third kappa shape index (κ3) is 2.93. The second-order valence-electron chi connectivity index (χ2n) is 3.51. The third-order valence-electron chi connectivity index (χ3n) is 2.82. The lowest BCUT2D eigenvalue weighted by Gasteiger charge is -2.35. The monoisotopic (exact) mass is 174 g/mol. The molecule has 0 heterocycles. The molecule has 0 aliphatic rings. The summed E-state index contributed by atoms with van der Waals surface area (Å²) in [6.45, 7) is 5.66. The Morgan fingerprint density at radius 1 is 1.45 bits per heavy atom. The lowest BCUT2D eigenvalue weighted by molar-refractivity contribution is 0.329. The number of hydrogen-bond acceptors (Lipinski definition) is 2. The predicted molar refractivity (Wildman–Crippen MR) is 55.1 cm³/mol. The molecule has 0 bridgehead atoms. The van der Waals surface area contributed by atoms with Gasteiger partial charge < -0.3 is 10.6 Å². The molecule has 0 rings (SSSR count). The van der Waals surface area contributed by atoms with Gasteiger partial charge in [0.15, 0.2) is 0 Å². The van der Waals surface area contributed by atoms with Gasteiger partial charge in [-0.1, -0.05) is 20.3 Å². The molecule has 0 radical (unpaired) electrons. The summed E-state index contributed by atoms with van der Waals surface area (Å²) in [6.07, 6.45) is 1.26. The fourth-order valence-electron chi connectivity index (χ4n) is 1.33. The van der Waals surface area contributed by atoms with Gasteiger partial charge in [-0.05, 0) is 20.0 Å². The first-order valence-corrected chi connectivity index (χ1v) is 5.44. The van der Waals surface area contributed by atoms with E-state index in [1.54, 1.807) is 0 Å². The summed E-state index contributed by atoms with van der Waals surface area (Å²) in [7, 11) is 5.28. The highest BCUT2D eigenvalue weighted by Crippen LogP contribution is 2.15. The average Bonchev–Trinajstić information content (AvgIpc) is 2.03. The second-order valence-corrected chi connectivity index (χ2v) is 5.29. The largest absolute Gasteiger partial charge is 0.318 e. The van der Waals surface area contributed by atoms with Crippen molar-refractivity contribution in [2.45, 2.75) is 25.4 Å². The molecule has 68 valence electrons. The molecule has 3 heteroatoms. The normalized spacial score (nSPS) is 19.6. The van der Waals surface area contributed by atoms with Gasteiger partial charge in [0.1, 0.15) is 0 Å². The van der Waals surface area contributed by atoms with Crippen LogP contribution in [0.15, 0.2) is 0 Å². The van der Waals surface area contributed by atoms with Gasteiger partial charge in [0.25, 0.3) is 0 Å². The Balaban J connectivity index is 4.07. The van der Waals surface area contributed by atoms with Crippen LogP contribution < -0.4 is 10.6 Å². The van der Waals surface area contributed by atoms with Crippen molar-refractivity contribution in [1.29, 1.82) is 0 Å². The standard InChI is InChI=1S/C8H22N2Si/c1-5-7(2)8(11,10-4)6-9-3/h7,9-10H,5-6H2,1-4,11H3. The highest BCUT2D eigenvalue weighted by atomic mass is 28.1. The van der Waals surface area contributed by atoms with Crippen LogP contribution in [0.1, 0.15) is 20.3 Å². The zero-order chi connectivity index (χ0) is 8.91. The SMILES string of the molecule is CCC(C)C([SiH3])(CNC)NC. The van der Waals surface area contributed by atoms with E-state index in [9.17, 15) is 0 Å². The fourth-order valence-corrected chi connectivity index (χ4v) is 2.09. The quantitative estimate of drug-likeness (QED) is 0.551. The molecular weight excluding hydrogens is 152 g/mol. The molecular formula is C8H22N2Si. The van der Waals surface area contributed by atoms with Crippen molar-refractivity contribution in [3.8, 4) is 0 Å². The van der Waals surface area contributed by atoms with Crippen LogP contribution in [0.5, 0.6) is 0 Å². The molecule has 0 aliphatic carbocycles. The molecule has 0 aliphatic heterocycles. The van der Waals surface area contributed by atoms with E-state index in [4.69, 9.17) is 0 Å². The summed E-state index contributed by atoms with van der Waals surface area (Å²) in [5, 5.41) is 7.05. The first kappa shape index (κ1) is 11.1. The molecule has 11 heavy (non-hydrogen) atoms. The van der Waals surface area contributed by atoms with Gasteiger partial charge in [-0.25, -0.2) is 0 Å². The average molecular weight is 174 g/mol. The summed E-state index contributed by atoms with van der Waals surface area (Å²) in [5.74, 6) is 0.770. The summed E-state index contributed by atoms with van der Waals surface area (Å²) >= 11 is 0. The predicted octanol–water partition coefficient (Wildman–Crippen LogP) is -0.467. The van der Waals surface area contributed by atoms with Gasteiger partial charge in [0.05, 0.1) is 0 Å². The van der Waals surface area contributed by atoms with Crippen molar-refractivity contribution < 1.29 is 0 Å². The number of rotatable bonds is 5.